The van der Waals surface area contributed by atoms with Gasteiger partial charge >= 0.3 is 0 Å². The average Bonchev–Trinajstić information content (AvgIpc) is 3.16. The summed E-state index contributed by atoms with van der Waals surface area (Å²) in [6.07, 6.45) is 3.96. The van der Waals surface area contributed by atoms with Crippen molar-refractivity contribution in [2.24, 2.45) is 0 Å². The molecule has 3 aromatic rings. The number of hydrogen-bond donors (Lipinski definition) is 1. The van der Waals surface area contributed by atoms with E-state index in [2.05, 4.69) is 15.2 Å². The molecule has 1 N–H and O–H groups in total. The minimum atomic E-state index is 0.0637. The van der Waals surface area contributed by atoms with E-state index in [0.29, 0.717) is 34.3 Å². The first-order chi connectivity index (χ1) is 12.4. The second-order valence-corrected chi connectivity index (χ2v) is 7.02. The van der Waals surface area contributed by atoms with Crippen molar-refractivity contribution < 1.29 is 4.79 Å². The molecule has 2 aromatic heterocycles. The molecule has 3 rings (SSSR count). The number of carbonyl (C=O) groups excluding carboxylic acids is 1. The zero-order valence-electron chi connectivity index (χ0n) is 14.8. The smallest absolute Gasteiger partial charge is 0.223 e. The summed E-state index contributed by atoms with van der Waals surface area (Å²) in [4.78, 5) is 20.1. The Morgan fingerprint density at radius 2 is 2.00 bits per heavy atom. The maximum absolute atomic E-state index is 11.9. The van der Waals surface area contributed by atoms with Crippen LogP contribution in [0.4, 0.5) is 5.82 Å². The zero-order chi connectivity index (χ0) is 18.8. The standard InChI is InChI=1S/C18H19Cl2N5O/c1-24(2)16(26)6-7-25(3)15-8-13(11-9-21-22-10-11)12-4-5-14(19)17(20)18(12)23-15/h4-5,8-10H,6-7H2,1-3H3,(H,21,22). The van der Waals surface area contributed by atoms with Crippen molar-refractivity contribution in [1.82, 2.24) is 20.1 Å². The number of anilines is 1. The number of aromatic nitrogens is 3. The van der Waals surface area contributed by atoms with Gasteiger partial charge < -0.3 is 9.80 Å². The molecule has 0 unspecified atom stereocenters. The minimum Gasteiger partial charge on any atom is -0.359 e. The van der Waals surface area contributed by atoms with Crippen LogP contribution in [0.2, 0.25) is 10.0 Å². The Morgan fingerprint density at radius 3 is 2.65 bits per heavy atom. The van der Waals surface area contributed by atoms with Gasteiger partial charge in [0.15, 0.2) is 0 Å². The van der Waals surface area contributed by atoms with Crippen LogP contribution in [-0.2, 0) is 4.79 Å². The summed E-state index contributed by atoms with van der Waals surface area (Å²) in [6, 6.07) is 5.63. The first kappa shape index (κ1) is 18.5. The number of carbonyl (C=O) groups is 1. The lowest BCUT2D eigenvalue weighted by atomic mass is 10.0. The Kier molecular flexibility index (Phi) is 5.34. The fourth-order valence-electron chi connectivity index (χ4n) is 2.65. The quantitative estimate of drug-likeness (QED) is 0.717. The van der Waals surface area contributed by atoms with Crippen molar-refractivity contribution in [1.29, 1.82) is 0 Å². The van der Waals surface area contributed by atoms with Crippen molar-refractivity contribution >= 4 is 45.8 Å². The zero-order valence-corrected chi connectivity index (χ0v) is 16.3. The Bertz CT molecular complexity index is 940. The molecule has 0 spiro atoms. The molecule has 26 heavy (non-hydrogen) atoms. The number of nitrogens with zero attached hydrogens (tertiary/aromatic N) is 4. The Hall–Kier alpha value is -2.31. The lowest BCUT2D eigenvalue weighted by molar-refractivity contribution is -0.128. The number of fused-ring (bicyclic) bond motifs is 1. The second-order valence-electron chi connectivity index (χ2n) is 6.23. The summed E-state index contributed by atoms with van der Waals surface area (Å²) in [5.41, 5.74) is 2.50. The largest absolute Gasteiger partial charge is 0.359 e. The van der Waals surface area contributed by atoms with Crippen molar-refractivity contribution in [3.05, 3.63) is 40.6 Å². The summed E-state index contributed by atoms with van der Waals surface area (Å²) in [7, 11) is 5.39. The number of hydrogen-bond acceptors (Lipinski definition) is 4. The van der Waals surface area contributed by atoms with Crippen LogP contribution in [0, 0.1) is 0 Å². The van der Waals surface area contributed by atoms with Gasteiger partial charge in [-0.1, -0.05) is 29.3 Å². The molecule has 136 valence electrons. The monoisotopic (exact) mass is 391 g/mol. The summed E-state index contributed by atoms with van der Waals surface area (Å²) in [5, 5.41) is 8.61. The van der Waals surface area contributed by atoms with Crippen LogP contribution in [-0.4, -0.2) is 53.7 Å². The topological polar surface area (TPSA) is 65.1 Å². The molecule has 2 heterocycles. The molecular weight excluding hydrogens is 373 g/mol. The molecule has 0 radical (unpaired) electrons. The molecule has 0 aliphatic rings. The number of benzene rings is 1. The van der Waals surface area contributed by atoms with E-state index in [1.807, 2.05) is 30.3 Å². The van der Waals surface area contributed by atoms with Gasteiger partial charge in [-0.05, 0) is 17.7 Å². The molecule has 6 nitrogen and oxygen atoms in total. The van der Waals surface area contributed by atoms with Crippen LogP contribution in [0.25, 0.3) is 22.0 Å². The van der Waals surface area contributed by atoms with E-state index in [1.54, 1.807) is 31.3 Å². The normalized spacial score (nSPS) is 11.0. The van der Waals surface area contributed by atoms with Gasteiger partial charge in [0.2, 0.25) is 5.91 Å². The van der Waals surface area contributed by atoms with Crippen molar-refractivity contribution in [3.8, 4) is 11.1 Å². The van der Waals surface area contributed by atoms with Gasteiger partial charge in [-0.3, -0.25) is 9.89 Å². The van der Waals surface area contributed by atoms with Crippen molar-refractivity contribution in [2.75, 3.05) is 32.6 Å². The van der Waals surface area contributed by atoms with Gasteiger partial charge in [0, 0.05) is 51.3 Å². The van der Waals surface area contributed by atoms with E-state index < -0.39 is 0 Å². The van der Waals surface area contributed by atoms with Crippen LogP contribution in [0.1, 0.15) is 6.42 Å². The lowest BCUT2D eigenvalue weighted by Gasteiger charge is -2.21. The van der Waals surface area contributed by atoms with Crippen LogP contribution >= 0.6 is 23.2 Å². The Balaban J connectivity index is 2.06. The summed E-state index contributed by atoms with van der Waals surface area (Å²) in [5.74, 6) is 0.776. The highest BCUT2D eigenvalue weighted by atomic mass is 35.5. The molecule has 0 bridgehead atoms. The highest BCUT2D eigenvalue weighted by Gasteiger charge is 2.16. The number of H-pyrrole nitrogens is 1. The molecule has 0 atom stereocenters. The Morgan fingerprint density at radius 1 is 1.23 bits per heavy atom. The first-order valence-electron chi connectivity index (χ1n) is 8.07. The molecule has 1 aromatic carbocycles. The predicted molar refractivity (Wildman–Crippen MR) is 106 cm³/mol. The average molecular weight is 392 g/mol. The third kappa shape index (κ3) is 3.61. The second kappa shape index (κ2) is 7.51. The van der Waals surface area contributed by atoms with Crippen molar-refractivity contribution in [2.45, 2.75) is 6.42 Å². The highest BCUT2D eigenvalue weighted by Crippen LogP contribution is 2.37. The lowest BCUT2D eigenvalue weighted by Crippen LogP contribution is -2.28. The van der Waals surface area contributed by atoms with Crippen LogP contribution < -0.4 is 4.90 Å². The molecule has 0 saturated heterocycles. The molecule has 0 aliphatic carbocycles. The van der Waals surface area contributed by atoms with Gasteiger partial charge in [0.1, 0.15) is 5.82 Å². The third-order valence-corrected chi connectivity index (χ3v) is 5.01. The van der Waals surface area contributed by atoms with Gasteiger partial charge in [0.25, 0.3) is 0 Å². The van der Waals surface area contributed by atoms with Gasteiger partial charge in [0.05, 0.1) is 21.8 Å². The highest BCUT2D eigenvalue weighted by molar-refractivity contribution is 6.45. The fourth-order valence-corrected chi connectivity index (χ4v) is 3.01. The number of halogens is 2. The molecular formula is C18H19Cl2N5O. The van der Waals surface area contributed by atoms with E-state index >= 15 is 0 Å². The number of aromatic amines is 1. The minimum absolute atomic E-state index is 0.0637. The van der Waals surface area contributed by atoms with E-state index in [1.165, 1.54) is 0 Å². The maximum atomic E-state index is 11.9. The molecule has 1 amide bonds. The number of rotatable bonds is 5. The van der Waals surface area contributed by atoms with Crippen LogP contribution in [0.15, 0.2) is 30.6 Å². The summed E-state index contributed by atoms with van der Waals surface area (Å²) < 4.78 is 0. The SMILES string of the molecule is CN(C)C(=O)CCN(C)c1cc(-c2cn[nH]c2)c2ccc(Cl)c(Cl)c2n1. The van der Waals surface area contributed by atoms with Crippen molar-refractivity contribution in [3.63, 3.8) is 0 Å². The maximum Gasteiger partial charge on any atom is 0.223 e. The van der Waals surface area contributed by atoms with Gasteiger partial charge in [-0.2, -0.15) is 5.10 Å². The van der Waals surface area contributed by atoms with Gasteiger partial charge in [-0.15, -0.1) is 0 Å². The van der Waals surface area contributed by atoms with Crippen LogP contribution in [0.3, 0.4) is 0 Å². The van der Waals surface area contributed by atoms with Gasteiger partial charge in [-0.25, -0.2) is 4.98 Å². The first-order valence-corrected chi connectivity index (χ1v) is 8.83. The fraction of sp³-hybridized carbons (Fsp3) is 0.278. The van der Waals surface area contributed by atoms with E-state index in [0.717, 1.165) is 16.5 Å². The molecule has 0 fully saturated rings. The summed E-state index contributed by atoms with van der Waals surface area (Å²) >= 11 is 12.6. The number of nitrogens with one attached hydrogen (secondary N) is 1. The predicted octanol–water partition coefficient (Wildman–Crippen LogP) is 3.85. The number of pyridine rings is 1. The van der Waals surface area contributed by atoms with E-state index in [4.69, 9.17) is 23.2 Å². The summed E-state index contributed by atoms with van der Waals surface area (Å²) in [6.45, 7) is 0.540. The molecule has 0 aliphatic heterocycles. The molecule has 8 heteroatoms. The van der Waals surface area contributed by atoms with E-state index in [-0.39, 0.29) is 5.91 Å². The third-order valence-electron chi connectivity index (χ3n) is 4.22. The number of amides is 1. The van der Waals surface area contributed by atoms with Crippen LogP contribution in [0.5, 0.6) is 0 Å². The molecule has 0 saturated carbocycles. The Labute approximate surface area is 161 Å². The van der Waals surface area contributed by atoms with E-state index in [9.17, 15) is 4.79 Å².